The van der Waals surface area contributed by atoms with E-state index in [-0.39, 0.29) is 10.7 Å². The highest BCUT2D eigenvalue weighted by atomic mass is 79.9. The number of hydrogen-bond donors (Lipinski definition) is 0. The maximum absolute atomic E-state index is 12.1. The molecule has 1 fully saturated rings. The normalized spacial score (nSPS) is 24.3. The number of piperidine rings is 1. The van der Waals surface area contributed by atoms with E-state index in [0.29, 0.717) is 5.92 Å². The van der Waals surface area contributed by atoms with Crippen LogP contribution < -0.4 is 0 Å². The van der Waals surface area contributed by atoms with Crippen LogP contribution in [0.2, 0.25) is 0 Å². The number of halogens is 1. The molecule has 1 aliphatic rings. The smallest absolute Gasteiger partial charge is 0.236 e. The molecular weight excluding hydrogens is 254 g/mol. The van der Waals surface area contributed by atoms with Crippen molar-refractivity contribution < 1.29 is 4.79 Å². The Labute approximate surface area is 102 Å². The van der Waals surface area contributed by atoms with Crippen molar-refractivity contribution in [3.8, 4) is 0 Å². The second kappa shape index (κ2) is 5.88. The van der Waals surface area contributed by atoms with Gasteiger partial charge in [-0.15, -0.1) is 0 Å². The average Bonchev–Trinajstić information content (AvgIpc) is 2.27. The molecule has 1 heterocycles. The van der Waals surface area contributed by atoms with E-state index >= 15 is 0 Å². The van der Waals surface area contributed by atoms with E-state index in [4.69, 9.17) is 0 Å². The summed E-state index contributed by atoms with van der Waals surface area (Å²) < 4.78 is 0. The molecule has 1 saturated heterocycles. The van der Waals surface area contributed by atoms with E-state index in [1.807, 2.05) is 4.90 Å². The number of nitrogens with zero attached hydrogens (tertiary/aromatic N) is 1. The van der Waals surface area contributed by atoms with Crippen LogP contribution in [0.1, 0.15) is 40.0 Å². The van der Waals surface area contributed by atoms with Gasteiger partial charge >= 0.3 is 0 Å². The summed E-state index contributed by atoms with van der Waals surface area (Å²) in [6.45, 7) is 8.29. The Kier molecular flexibility index (Phi) is 5.10. The van der Waals surface area contributed by atoms with Crippen LogP contribution >= 0.6 is 15.9 Å². The van der Waals surface area contributed by atoms with Crippen LogP contribution in [0.5, 0.6) is 0 Å². The molecule has 0 N–H and O–H groups in total. The lowest BCUT2D eigenvalue weighted by molar-refractivity contribution is -0.133. The zero-order valence-electron chi connectivity index (χ0n) is 10.0. The van der Waals surface area contributed by atoms with E-state index in [1.54, 1.807) is 0 Å². The van der Waals surface area contributed by atoms with Crippen molar-refractivity contribution in [1.82, 2.24) is 4.90 Å². The molecule has 88 valence electrons. The average molecular weight is 276 g/mol. The van der Waals surface area contributed by atoms with Gasteiger partial charge < -0.3 is 4.90 Å². The largest absolute Gasteiger partial charge is 0.341 e. The van der Waals surface area contributed by atoms with Gasteiger partial charge in [-0.05, 0) is 24.7 Å². The van der Waals surface area contributed by atoms with Gasteiger partial charge in [-0.2, -0.15) is 0 Å². The second-order valence-corrected chi connectivity index (χ2v) is 5.83. The Morgan fingerprint density at radius 3 is 2.73 bits per heavy atom. The molecule has 0 spiro atoms. The first kappa shape index (κ1) is 13.0. The van der Waals surface area contributed by atoms with Gasteiger partial charge in [0.05, 0.1) is 4.83 Å². The number of alkyl halides is 1. The Morgan fingerprint density at radius 2 is 2.20 bits per heavy atom. The highest BCUT2D eigenvalue weighted by molar-refractivity contribution is 9.10. The van der Waals surface area contributed by atoms with Gasteiger partial charge in [0, 0.05) is 13.1 Å². The fourth-order valence-electron chi connectivity index (χ4n) is 2.06. The third kappa shape index (κ3) is 3.47. The zero-order valence-corrected chi connectivity index (χ0v) is 11.6. The third-order valence-corrected chi connectivity index (χ3v) is 4.68. The molecule has 3 heteroatoms. The van der Waals surface area contributed by atoms with Gasteiger partial charge in [-0.1, -0.05) is 43.1 Å². The first-order valence-corrected chi connectivity index (χ1v) is 6.90. The lowest BCUT2D eigenvalue weighted by Gasteiger charge is -2.34. The monoisotopic (exact) mass is 275 g/mol. The number of rotatable bonds is 3. The number of likely N-dealkylation sites (tertiary alicyclic amines) is 1. The van der Waals surface area contributed by atoms with E-state index < -0.39 is 0 Å². The number of carbonyl (C=O) groups is 1. The Bertz CT molecular complexity index is 218. The topological polar surface area (TPSA) is 20.3 Å². The van der Waals surface area contributed by atoms with Crippen molar-refractivity contribution in [2.24, 2.45) is 11.8 Å². The summed E-state index contributed by atoms with van der Waals surface area (Å²) in [5, 5.41) is 0. The summed E-state index contributed by atoms with van der Waals surface area (Å²) in [7, 11) is 0. The van der Waals surface area contributed by atoms with Crippen LogP contribution in [0, 0.1) is 11.8 Å². The van der Waals surface area contributed by atoms with Crippen LogP contribution in [0.3, 0.4) is 0 Å². The SMILES string of the molecule is CCC1CCCN(C(=O)C(Br)C(C)C)C1. The summed E-state index contributed by atoms with van der Waals surface area (Å²) >= 11 is 3.49. The molecule has 2 atom stereocenters. The van der Waals surface area contributed by atoms with Crippen LogP contribution in [0.4, 0.5) is 0 Å². The van der Waals surface area contributed by atoms with E-state index in [2.05, 4.69) is 36.7 Å². The summed E-state index contributed by atoms with van der Waals surface area (Å²) in [6.07, 6.45) is 3.65. The fraction of sp³-hybridized carbons (Fsp3) is 0.917. The molecule has 0 aromatic rings. The molecular formula is C12H22BrNO. The minimum Gasteiger partial charge on any atom is -0.341 e. The zero-order chi connectivity index (χ0) is 11.4. The summed E-state index contributed by atoms with van der Waals surface area (Å²) in [4.78, 5) is 14.1. The predicted molar refractivity (Wildman–Crippen MR) is 67.1 cm³/mol. The lowest BCUT2D eigenvalue weighted by atomic mass is 9.95. The molecule has 1 aliphatic heterocycles. The maximum Gasteiger partial charge on any atom is 0.236 e. The van der Waals surface area contributed by atoms with Gasteiger partial charge in [-0.3, -0.25) is 4.79 Å². The third-order valence-electron chi connectivity index (χ3n) is 3.23. The summed E-state index contributed by atoms with van der Waals surface area (Å²) in [5.74, 6) is 1.37. The van der Waals surface area contributed by atoms with E-state index in [1.165, 1.54) is 19.3 Å². The molecule has 1 rings (SSSR count). The first-order valence-electron chi connectivity index (χ1n) is 5.99. The highest BCUT2D eigenvalue weighted by Crippen LogP contribution is 2.22. The molecule has 0 bridgehead atoms. The van der Waals surface area contributed by atoms with Crippen molar-refractivity contribution >= 4 is 21.8 Å². The van der Waals surface area contributed by atoms with Gasteiger partial charge in [0.25, 0.3) is 0 Å². The highest BCUT2D eigenvalue weighted by Gasteiger charge is 2.28. The van der Waals surface area contributed by atoms with Crippen molar-refractivity contribution in [3.63, 3.8) is 0 Å². The Hall–Kier alpha value is -0.0500. The van der Waals surface area contributed by atoms with E-state index in [0.717, 1.165) is 19.0 Å². The fourth-order valence-corrected chi connectivity index (χ4v) is 2.35. The van der Waals surface area contributed by atoms with Gasteiger partial charge in [-0.25, -0.2) is 0 Å². The summed E-state index contributed by atoms with van der Waals surface area (Å²) in [6, 6.07) is 0. The molecule has 2 unspecified atom stereocenters. The van der Waals surface area contributed by atoms with Crippen LogP contribution in [0.15, 0.2) is 0 Å². The molecule has 0 radical (unpaired) electrons. The van der Waals surface area contributed by atoms with Gasteiger partial charge in [0.1, 0.15) is 0 Å². The second-order valence-electron chi connectivity index (χ2n) is 4.85. The molecule has 1 amide bonds. The van der Waals surface area contributed by atoms with Crippen LogP contribution in [-0.4, -0.2) is 28.7 Å². The minimum absolute atomic E-state index is 0.00638. The Morgan fingerprint density at radius 1 is 1.53 bits per heavy atom. The molecule has 0 aliphatic carbocycles. The maximum atomic E-state index is 12.1. The Balaban J connectivity index is 2.52. The van der Waals surface area contributed by atoms with Crippen molar-refractivity contribution in [2.75, 3.05) is 13.1 Å². The standard InChI is InChI=1S/C12H22BrNO/c1-4-10-6-5-7-14(8-10)12(15)11(13)9(2)3/h9-11H,4-8H2,1-3H3. The van der Waals surface area contributed by atoms with Gasteiger partial charge in [0.2, 0.25) is 5.91 Å². The summed E-state index contributed by atoms with van der Waals surface area (Å²) in [5.41, 5.74) is 0. The van der Waals surface area contributed by atoms with Crippen molar-refractivity contribution in [3.05, 3.63) is 0 Å². The number of amides is 1. The van der Waals surface area contributed by atoms with Gasteiger partial charge in [0.15, 0.2) is 0 Å². The molecule has 15 heavy (non-hydrogen) atoms. The van der Waals surface area contributed by atoms with Crippen molar-refractivity contribution in [1.29, 1.82) is 0 Å². The van der Waals surface area contributed by atoms with Crippen LogP contribution in [-0.2, 0) is 4.79 Å². The molecule has 0 aromatic carbocycles. The minimum atomic E-state index is -0.00638. The molecule has 0 saturated carbocycles. The van der Waals surface area contributed by atoms with Crippen molar-refractivity contribution in [2.45, 2.75) is 44.9 Å². The number of carbonyl (C=O) groups excluding carboxylic acids is 1. The first-order chi connectivity index (χ1) is 7.06. The molecule has 2 nitrogen and oxygen atoms in total. The van der Waals surface area contributed by atoms with E-state index in [9.17, 15) is 4.79 Å². The quantitative estimate of drug-likeness (QED) is 0.725. The number of hydrogen-bond acceptors (Lipinski definition) is 1. The predicted octanol–water partition coefficient (Wildman–Crippen LogP) is 3.05. The molecule has 0 aromatic heterocycles. The van der Waals surface area contributed by atoms with Crippen LogP contribution in [0.25, 0.3) is 0 Å². The lowest BCUT2D eigenvalue weighted by Crippen LogP contribution is -2.44.